The number of nitrogens with zero attached hydrogens (tertiary/aromatic N) is 2. The van der Waals surface area contributed by atoms with E-state index in [0.29, 0.717) is 19.3 Å². The summed E-state index contributed by atoms with van der Waals surface area (Å²) >= 11 is 5.72. The zero-order chi connectivity index (χ0) is 20.5. The summed E-state index contributed by atoms with van der Waals surface area (Å²) < 4.78 is 104. The third-order valence-corrected chi connectivity index (χ3v) is 3.83. The van der Waals surface area contributed by atoms with Gasteiger partial charge in [-0.3, -0.25) is 0 Å². The van der Waals surface area contributed by atoms with Crippen LogP contribution in [-0.2, 0) is 6.42 Å². The van der Waals surface area contributed by atoms with E-state index in [-0.39, 0.29) is 11.3 Å². The lowest BCUT2D eigenvalue weighted by molar-refractivity contribution is -0.909. The Bertz CT molecular complexity index is 621. The summed E-state index contributed by atoms with van der Waals surface area (Å²) in [4.78, 5) is 6.46. The molecule has 1 heterocycles. The molecule has 0 spiro atoms. The average Bonchev–Trinajstić information content (AvgIpc) is 2.52. The van der Waals surface area contributed by atoms with Gasteiger partial charge >= 0.3 is 30.3 Å². The molecule has 1 unspecified atom stereocenters. The SMILES string of the molecule is CCCCc1c(C)nc([NH+]([O-])C(F)(F)C(F)(F)C(F)(F)C(F)F)nc1Cl. The van der Waals surface area contributed by atoms with Crippen LogP contribution in [0.25, 0.3) is 0 Å². The third kappa shape index (κ3) is 3.86. The molecule has 0 fully saturated rings. The summed E-state index contributed by atoms with van der Waals surface area (Å²) in [6.45, 7) is 3.05. The predicted octanol–water partition coefficient (Wildman–Crippen LogP) is 3.92. The zero-order valence-electron chi connectivity index (χ0n) is 13.4. The van der Waals surface area contributed by atoms with E-state index in [2.05, 4.69) is 9.97 Å². The average molecular weight is 416 g/mol. The van der Waals surface area contributed by atoms with Crippen LogP contribution in [0.4, 0.5) is 41.1 Å². The van der Waals surface area contributed by atoms with E-state index in [4.69, 9.17) is 11.6 Å². The summed E-state index contributed by atoms with van der Waals surface area (Å²) in [7, 11) is 0. The normalized spacial score (nSPS) is 14.8. The van der Waals surface area contributed by atoms with Crippen molar-refractivity contribution in [1.82, 2.24) is 9.97 Å². The van der Waals surface area contributed by atoms with Crippen molar-refractivity contribution in [2.75, 3.05) is 0 Å². The lowest BCUT2D eigenvalue weighted by Crippen LogP contribution is -3.14. The Labute approximate surface area is 147 Å². The fourth-order valence-electron chi connectivity index (χ4n) is 1.93. The first-order valence-corrected chi connectivity index (χ1v) is 7.59. The number of alkyl halides is 8. The number of aromatic nitrogens is 2. The van der Waals surface area contributed by atoms with Crippen molar-refractivity contribution in [1.29, 1.82) is 0 Å². The fraction of sp³-hybridized carbons (Fsp3) is 0.692. The van der Waals surface area contributed by atoms with Crippen molar-refractivity contribution < 1.29 is 40.2 Å². The van der Waals surface area contributed by atoms with Crippen LogP contribution in [-0.4, -0.2) is 34.3 Å². The molecule has 0 aromatic carbocycles. The van der Waals surface area contributed by atoms with E-state index >= 15 is 0 Å². The Balaban J connectivity index is 3.31. The minimum absolute atomic E-state index is 0.0958. The maximum absolute atomic E-state index is 13.7. The van der Waals surface area contributed by atoms with Crippen LogP contribution in [0.15, 0.2) is 0 Å². The number of nitrogens with one attached hydrogen (secondary N) is 1. The van der Waals surface area contributed by atoms with Gasteiger partial charge in [-0.15, -0.1) is 8.78 Å². The maximum atomic E-state index is 13.7. The monoisotopic (exact) mass is 415 g/mol. The molecule has 0 aliphatic heterocycles. The van der Waals surface area contributed by atoms with Gasteiger partial charge in [-0.05, 0) is 19.8 Å². The first-order chi connectivity index (χ1) is 11.7. The Morgan fingerprint density at radius 1 is 1.12 bits per heavy atom. The van der Waals surface area contributed by atoms with Gasteiger partial charge in [0.05, 0.1) is 5.69 Å². The van der Waals surface area contributed by atoms with Crippen molar-refractivity contribution >= 4 is 17.5 Å². The first-order valence-electron chi connectivity index (χ1n) is 7.21. The molecule has 4 nitrogen and oxygen atoms in total. The van der Waals surface area contributed by atoms with Gasteiger partial charge in [0.25, 0.3) is 0 Å². The highest BCUT2D eigenvalue weighted by atomic mass is 35.5. The Morgan fingerprint density at radius 2 is 1.65 bits per heavy atom. The number of unbranched alkanes of at least 4 members (excludes halogenated alkanes) is 1. The minimum Gasteiger partial charge on any atom is -0.622 e. The van der Waals surface area contributed by atoms with Crippen molar-refractivity contribution in [2.24, 2.45) is 0 Å². The van der Waals surface area contributed by atoms with Gasteiger partial charge in [-0.1, -0.05) is 24.9 Å². The summed E-state index contributed by atoms with van der Waals surface area (Å²) in [6.07, 6.45) is -3.53. The fourth-order valence-corrected chi connectivity index (χ4v) is 2.24. The van der Waals surface area contributed by atoms with Crippen LogP contribution in [0.1, 0.15) is 31.0 Å². The van der Waals surface area contributed by atoms with Gasteiger partial charge in [-0.25, -0.2) is 13.8 Å². The van der Waals surface area contributed by atoms with Crippen LogP contribution in [0.2, 0.25) is 5.15 Å². The van der Waals surface area contributed by atoms with Crippen LogP contribution < -0.4 is 5.06 Å². The Hall–Kier alpha value is -1.27. The molecule has 1 rings (SSSR count). The molecule has 1 aromatic rings. The standard InChI is InChI=1S/C13H14ClF8N3O/c1-3-4-5-7-6(2)23-10(24-8(7)14)25(26)13(21,22)12(19,20)11(17,18)9(15)16/h9,25H,3-5H2,1-2H3. The zero-order valence-corrected chi connectivity index (χ0v) is 14.2. The topological polar surface area (TPSA) is 53.3 Å². The minimum atomic E-state index is -6.67. The number of halogens is 9. The first kappa shape index (κ1) is 22.8. The van der Waals surface area contributed by atoms with Crippen LogP contribution in [0.5, 0.6) is 0 Å². The quantitative estimate of drug-likeness (QED) is 0.303. The molecule has 0 aliphatic rings. The molecule has 1 aromatic heterocycles. The smallest absolute Gasteiger partial charge is 0.467 e. The molecule has 13 heteroatoms. The molecular weight excluding hydrogens is 402 g/mol. The highest BCUT2D eigenvalue weighted by Crippen LogP contribution is 2.46. The van der Waals surface area contributed by atoms with Gasteiger partial charge in [0, 0.05) is 5.56 Å². The molecule has 0 aliphatic carbocycles. The van der Waals surface area contributed by atoms with Crippen molar-refractivity contribution in [3.8, 4) is 0 Å². The number of aryl methyl sites for hydroxylation is 1. The number of hydrogen-bond acceptors (Lipinski definition) is 3. The molecule has 0 bridgehead atoms. The van der Waals surface area contributed by atoms with Gasteiger partial charge < -0.3 is 5.21 Å². The summed E-state index contributed by atoms with van der Waals surface area (Å²) in [5, 5.41) is 8.19. The van der Waals surface area contributed by atoms with Gasteiger partial charge in [0.2, 0.25) is 0 Å². The van der Waals surface area contributed by atoms with Crippen molar-refractivity contribution in [2.45, 2.75) is 57.4 Å². The van der Waals surface area contributed by atoms with Crippen molar-refractivity contribution in [3.05, 3.63) is 21.6 Å². The second-order valence-corrected chi connectivity index (χ2v) is 5.77. The number of hydrogen-bond donors (Lipinski definition) is 1. The lowest BCUT2D eigenvalue weighted by Gasteiger charge is -2.36. The highest BCUT2D eigenvalue weighted by molar-refractivity contribution is 6.30. The largest absolute Gasteiger partial charge is 0.622 e. The Kier molecular flexibility index (Phi) is 6.80. The molecule has 150 valence electrons. The maximum Gasteiger partial charge on any atom is 0.467 e. The molecular formula is C13H14ClF8N3O. The summed E-state index contributed by atoms with van der Waals surface area (Å²) in [5.41, 5.74) is 0.166. The molecule has 1 N–H and O–H groups in total. The molecule has 1 atom stereocenters. The highest BCUT2D eigenvalue weighted by Gasteiger charge is 2.80. The van der Waals surface area contributed by atoms with E-state index in [1.807, 2.05) is 6.92 Å². The van der Waals surface area contributed by atoms with Gasteiger partial charge in [0.1, 0.15) is 5.15 Å². The van der Waals surface area contributed by atoms with E-state index in [1.54, 1.807) is 0 Å². The van der Waals surface area contributed by atoms with Crippen LogP contribution >= 0.6 is 11.6 Å². The van der Waals surface area contributed by atoms with E-state index < -0.39 is 40.5 Å². The molecule has 0 saturated carbocycles. The van der Waals surface area contributed by atoms with Crippen LogP contribution in [0.3, 0.4) is 0 Å². The molecule has 0 saturated heterocycles. The number of quaternary nitrogens is 1. The second-order valence-electron chi connectivity index (χ2n) is 5.41. The van der Waals surface area contributed by atoms with E-state index in [0.717, 1.165) is 0 Å². The lowest BCUT2D eigenvalue weighted by atomic mass is 10.1. The van der Waals surface area contributed by atoms with E-state index in [1.165, 1.54) is 6.92 Å². The molecule has 26 heavy (non-hydrogen) atoms. The molecule has 0 radical (unpaired) electrons. The van der Waals surface area contributed by atoms with Gasteiger partial charge in [-0.2, -0.15) is 27.5 Å². The van der Waals surface area contributed by atoms with E-state index in [9.17, 15) is 40.3 Å². The third-order valence-electron chi connectivity index (χ3n) is 3.52. The summed E-state index contributed by atoms with van der Waals surface area (Å²) in [6, 6.07) is -6.19. The van der Waals surface area contributed by atoms with Gasteiger partial charge in [0.15, 0.2) is 0 Å². The number of rotatable bonds is 8. The second kappa shape index (κ2) is 7.77. The number of hydroxylamine groups is 1. The summed E-state index contributed by atoms with van der Waals surface area (Å²) in [5.74, 6) is -14.7. The Morgan fingerprint density at radius 3 is 2.08 bits per heavy atom. The van der Waals surface area contributed by atoms with Crippen molar-refractivity contribution in [3.63, 3.8) is 0 Å². The predicted molar refractivity (Wildman–Crippen MR) is 75.2 cm³/mol. The van der Waals surface area contributed by atoms with Crippen LogP contribution in [0, 0.1) is 12.1 Å². The molecule has 0 amide bonds.